The van der Waals surface area contributed by atoms with Gasteiger partial charge in [0.05, 0.1) is 27.2 Å². The van der Waals surface area contributed by atoms with Crippen LogP contribution in [0.4, 0.5) is 0 Å². The highest BCUT2D eigenvalue weighted by Gasteiger charge is 2.37. The molecule has 0 aliphatic carbocycles. The molecule has 5 heteroatoms. The monoisotopic (exact) mass is 668 g/mol. The van der Waals surface area contributed by atoms with Crippen molar-refractivity contribution in [3.63, 3.8) is 0 Å². The highest BCUT2D eigenvalue weighted by Crippen LogP contribution is 2.49. The summed E-state index contributed by atoms with van der Waals surface area (Å²) in [7, 11) is 0. The predicted octanol–water partition coefficient (Wildman–Crippen LogP) is 11.1. The largest absolute Gasteiger partial charge is 0.487 e. The standard InChI is InChI=1S/C45H36N2O2S/c1-2-50-45(38-18-15-32-9-3-4-12-35(32)29-38,36-19-25-41(26-20-36)48-30-39-23-16-33-10-5-7-13-43(33)46-39)37-21-27-42(28-22-37)49-31-40-24-17-34-11-6-8-14-44(34)47-40/h3-29H,2,30-31H2,1H3. The van der Waals surface area contributed by atoms with E-state index < -0.39 is 4.75 Å². The van der Waals surface area contributed by atoms with E-state index in [0.29, 0.717) is 13.2 Å². The van der Waals surface area contributed by atoms with Crippen molar-refractivity contribution < 1.29 is 9.47 Å². The Morgan fingerprint density at radius 3 is 1.42 bits per heavy atom. The summed E-state index contributed by atoms with van der Waals surface area (Å²) >= 11 is 1.92. The van der Waals surface area contributed by atoms with Gasteiger partial charge in [0.2, 0.25) is 0 Å². The zero-order valence-corrected chi connectivity index (χ0v) is 28.6. The highest BCUT2D eigenvalue weighted by atomic mass is 32.2. The first kappa shape index (κ1) is 31.6. The summed E-state index contributed by atoms with van der Waals surface area (Å²) in [6, 6.07) is 57.1. The summed E-state index contributed by atoms with van der Waals surface area (Å²) in [5.74, 6) is 2.54. The van der Waals surface area contributed by atoms with Crippen LogP contribution in [0, 0.1) is 0 Å². The maximum absolute atomic E-state index is 6.25. The minimum absolute atomic E-state index is 0.403. The Balaban J connectivity index is 1.10. The van der Waals surface area contributed by atoms with E-state index in [2.05, 4.69) is 122 Å². The third kappa shape index (κ3) is 6.40. The topological polar surface area (TPSA) is 44.2 Å². The summed E-state index contributed by atoms with van der Waals surface area (Å²) in [5.41, 5.74) is 7.35. The molecule has 4 nitrogen and oxygen atoms in total. The predicted molar refractivity (Wildman–Crippen MR) is 207 cm³/mol. The van der Waals surface area contributed by atoms with Gasteiger partial charge in [-0.15, -0.1) is 11.8 Å². The molecule has 0 unspecified atom stereocenters. The quantitative estimate of drug-likeness (QED) is 0.128. The Labute approximate surface area is 296 Å². The molecule has 0 atom stereocenters. The number of nitrogens with zero attached hydrogens (tertiary/aromatic N) is 2. The summed E-state index contributed by atoms with van der Waals surface area (Å²) in [6.45, 7) is 3.03. The average molecular weight is 669 g/mol. The van der Waals surface area contributed by atoms with E-state index in [1.54, 1.807) is 0 Å². The van der Waals surface area contributed by atoms with Gasteiger partial charge in [0.25, 0.3) is 0 Å². The molecule has 244 valence electrons. The van der Waals surface area contributed by atoms with E-state index in [1.807, 2.05) is 60.3 Å². The summed E-state index contributed by atoms with van der Waals surface area (Å²) in [4.78, 5) is 9.57. The zero-order chi connectivity index (χ0) is 33.8. The van der Waals surface area contributed by atoms with Gasteiger partial charge in [-0.1, -0.05) is 116 Å². The van der Waals surface area contributed by atoms with Crippen LogP contribution >= 0.6 is 11.8 Å². The van der Waals surface area contributed by atoms with Crippen molar-refractivity contribution >= 4 is 44.3 Å². The Bertz CT molecular complexity index is 2280. The molecule has 8 aromatic rings. The lowest BCUT2D eigenvalue weighted by Crippen LogP contribution is -2.26. The van der Waals surface area contributed by atoms with E-state index in [4.69, 9.17) is 19.4 Å². The smallest absolute Gasteiger partial charge is 0.130 e. The number of ether oxygens (including phenoxy) is 2. The molecule has 0 amide bonds. The van der Waals surface area contributed by atoms with Gasteiger partial charge in [0, 0.05) is 10.8 Å². The molecule has 0 fully saturated rings. The van der Waals surface area contributed by atoms with E-state index in [0.717, 1.165) is 50.4 Å². The third-order valence-electron chi connectivity index (χ3n) is 9.12. The lowest BCUT2D eigenvalue weighted by Gasteiger charge is -2.35. The second kappa shape index (κ2) is 14.1. The number of para-hydroxylation sites is 2. The molecule has 6 aromatic carbocycles. The van der Waals surface area contributed by atoms with Gasteiger partial charge in [-0.25, -0.2) is 9.97 Å². The number of thioether (sulfide) groups is 1. The number of pyridine rings is 2. The van der Waals surface area contributed by atoms with Crippen LogP contribution in [0.15, 0.2) is 164 Å². The minimum atomic E-state index is -0.463. The Kier molecular flexibility index (Phi) is 8.89. The van der Waals surface area contributed by atoms with Gasteiger partial charge < -0.3 is 9.47 Å². The van der Waals surface area contributed by atoms with Gasteiger partial charge in [-0.05, 0) is 87.8 Å². The fourth-order valence-electron chi connectivity index (χ4n) is 6.64. The summed E-state index contributed by atoms with van der Waals surface area (Å²) in [6.07, 6.45) is 0. The molecular formula is C45H36N2O2S. The van der Waals surface area contributed by atoms with Crippen LogP contribution in [-0.4, -0.2) is 15.7 Å². The molecule has 0 radical (unpaired) electrons. The van der Waals surface area contributed by atoms with Crippen LogP contribution in [0.3, 0.4) is 0 Å². The van der Waals surface area contributed by atoms with Crippen molar-refractivity contribution in [2.45, 2.75) is 24.9 Å². The van der Waals surface area contributed by atoms with Gasteiger partial charge in [-0.2, -0.15) is 0 Å². The van der Waals surface area contributed by atoms with Gasteiger partial charge in [-0.3, -0.25) is 0 Å². The van der Waals surface area contributed by atoms with E-state index >= 15 is 0 Å². The average Bonchev–Trinajstić information content (AvgIpc) is 3.18. The first-order chi connectivity index (χ1) is 24.7. The van der Waals surface area contributed by atoms with Crippen molar-refractivity contribution in [1.82, 2.24) is 9.97 Å². The third-order valence-corrected chi connectivity index (χ3v) is 10.6. The van der Waals surface area contributed by atoms with Crippen LogP contribution in [0.5, 0.6) is 11.5 Å². The van der Waals surface area contributed by atoms with Crippen molar-refractivity contribution in [1.29, 1.82) is 0 Å². The molecule has 0 saturated heterocycles. The minimum Gasteiger partial charge on any atom is -0.487 e. The molecule has 0 N–H and O–H groups in total. The van der Waals surface area contributed by atoms with Crippen molar-refractivity contribution in [2.75, 3.05) is 5.75 Å². The van der Waals surface area contributed by atoms with Crippen LogP contribution in [0.1, 0.15) is 35.0 Å². The maximum Gasteiger partial charge on any atom is 0.130 e. The van der Waals surface area contributed by atoms with Crippen LogP contribution in [0.2, 0.25) is 0 Å². The fourth-order valence-corrected chi connectivity index (χ4v) is 7.97. The number of hydrogen-bond donors (Lipinski definition) is 0. The molecule has 2 aromatic heterocycles. The Morgan fingerprint density at radius 1 is 0.460 bits per heavy atom. The SMILES string of the molecule is CCSC(c1ccc(OCc2ccc3ccccc3n2)cc1)(c1ccc(OCc2ccc3ccccc3n2)cc1)c1ccc2ccccc2c1. The number of fused-ring (bicyclic) bond motifs is 3. The number of hydrogen-bond acceptors (Lipinski definition) is 5. The summed E-state index contributed by atoms with van der Waals surface area (Å²) < 4.78 is 12.0. The zero-order valence-electron chi connectivity index (χ0n) is 27.8. The van der Waals surface area contributed by atoms with Crippen molar-refractivity contribution in [2.24, 2.45) is 0 Å². The molecule has 8 rings (SSSR count). The van der Waals surface area contributed by atoms with Crippen LogP contribution in [0.25, 0.3) is 32.6 Å². The molecule has 50 heavy (non-hydrogen) atoms. The molecule has 2 heterocycles. The number of rotatable bonds is 11. The van der Waals surface area contributed by atoms with Gasteiger partial charge in [0.15, 0.2) is 0 Å². The van der Waals surface area contributed by atoms with Gasteiger partial charge >= 0.3 is 0 Å². The molecule has 0 saturated carbocycles. The fraction of sp³-hybridized carbons (Fsp3) is 0.111. The molecule has 0 bridgehead atoms. The van der Waals surface area contributed by atoms with Crippen LogP contribution < -0.4 is 9.47 Å². The Morgan fingerprint density at radius 2 is 0.900 bits per heavy atom. The van der Waals surface area contributed by atoms with Crippen LogP contribution in [-0.2, 0) is 18.0 Å². The Hall–Kier alpha value is -5.65. The molecule has 0 spiro atoms. The van der Waals surface area contributed by atoms with Crippen molar-refractivity contribution in [3.05, 3.63) is 192 Å². The second-order valence-electron chi connectivity index (χ2n) is 12.3. The summed E-state index contributed by atoms with van der Waals surface area (Å²) in [5, 5.41) is 4.70. The second-order valence-corrected chi connectivity index (χ2v) is 13.8. The molecule has 0 aliphatic heterocycles. The van der Waals surface area contributed by atoms with E-state index in [9.17, 15) is 0 Å². The lowest BCUT2D eigenvalue weighted by molar-refractivity contribution is 0.301. The molecular weight excluding hydrogens is 633 g/mol. The van der Waals surface area contributed by atoms with Gasteiger partial charge in [0.1, 0.15) is 24.7 Å². The first-order valence-corrected chi connectivity index (χ1v) is 18.0. The molecule has 0 aliphatic rings. The lowest BCUT2D eigenvalue weighted by atomic mass is 9.83. The highest BCUT2D eigenvalue weighted by molar-refractivity contribution is 8.00. The van der Waals surface area contributed by atoms with E-state index in [-0.39, 0.29) is 0 Å². The maximum atomic E-state index is 6.25. The number of aromatic nitrogens is 2. The normalized spacial score (nSPS) is 11.6. The number of benzene rings is 6. The van der Waals surface area contributed by atoms with Crippen molar-refractivity contribution in [3.8, 4) is 11.5 Å². The first-order valence-electron chi connectivity index (χ1n) is 17.0. The van der Waals surface area contributed by atoms with E-state index in [1.165, 1.54) is 27.5 Å².